The minimum Gasteiger partial charge on any atom is -0.504 e. The van der Waals surface area contributed by atoms with Crippen molar-refractivity contribution >= 4 is 35.0 Å². The number of nitrogens with zero attached hydrogens (tertiary/aromatic N) is 1. The van der Waals surface area contributed by atoms with Crippen molar-refractivity contribution in [2.45, 2.75) is 6.92 Å². The summed E-state index contributed by atoms with van der Waals surface area (Å²) in [5.41, 5.74) is 2.72. The van der Waals surface area contributed by atoms with Crippen LogP contribution < -0.4 is 15.5 Å². The van der Waals surface area contributed by atoms with Gasteiger partial charge < -0.3 is 15.2 Å². The standard InChI is InChI=1S/C17H15F2N3O3S/c1-2-25-15-7-10(3-6-14(15)23)9-20-22-17(26)16(24)21-13-5-4-11(18)8-12(13)19/h3-9,23H,2H2,1H3,(H,21,24)(H,22,26). The van der Waals surface area contributed by atoms with Gasteiger partial charge in [0.05, 0.1) is 18.5 Å². The van der Waals surface area contributed by atoms with Gasteiger partial charge in [0.1, 0.15) is 11.6 Å². The fraction of sp³-hybridized carbons (Fsp3) is 0.118. The Labute approximate surface area is 153 Å². The van der Waals surface area contributed by atoms with Crippen molar-refractivity contribution in [1.82, 2.24) is 5.43 Å². The fourth-order valence-corrected chi connectivity index (χ4v) is 1.97. The molecule has 3 N–H and O–H groups in total. The lowest BCUT2D eigenvalue weighted by molar-refractivity contribution is -0.110. The number of rotatable bonds is 5. The van der Waals surface area contributed by atoms with E-state index >= 15 is 0 Å². The summed E-state index contributed by atoms with van der Waals surface area (Å²) >= 11 is 4.85. The van der Waals surface area contributed by atoms with E-state index in [1.165, 1.54) is 12.3 Å². The van der Waals surface area contributed by atoms with Crippen molar-refractivity contribution < 1.29 is 23.4 Å². The maximum absolute atomic E-state index is 13.5. The number of aromatic hydroxyl groups is 1. The summed E-state index contributed by atoms with van der Waals surface area (Å²) in [4.78, 5) is 11.6. The molecule has 1 amide bonds. The molecule has 0 saturated carbocycles. The SMILES string of the molecule is CCOc1cc(C=NNC(=S)C(=O)Nc2ccc(F)cc2F)ccc1O. The van der Waals surface area contributed by atoms with Crippen molar-refractivity contribution in [3.63, 3.8) is 0 Å². The Morgan fingerprint density at radius 2 is 2.08 bits per heavy atom. The average molecular weight is 379 g/mol. The average Bonchev–Trinajstić information content (AvgIpc) is 2.60. The number of halogens is 2. The number of thiocarbonyl (C=S) groups is 1. The first-order valence-corrected chi connectivity index (χ1v) is 7.86. The van der Waals surface area contributed by atoms with Crippen LogP contribution in [0.3, 0.4) is 0 Å². The van der Waals surface area contributed by atoms with E-state index in [0.717, 1.165) is 12.1 Å². The van der Waals surface area contributed by atoms with Crippen LogP contribution in [0.25, 0.3) is 0 Å². The van der Waals surface area contributed by atoms with E-state index in [1.807, 2.05) is 0 Å². The molecular formula is C17H15F2N3O3S. The number of nitrogens with one attached hydrogen (secondary N) is 2. The maximum Gasteiger partial charge on any atom is 0.284 e. The molecule has 0 aliphatic heterocycles. The zero-order valence-corrected chi connectivity index (χ0v) is 14.4. The fourth-order valence-electron chi connectivity index (χ4n) is 1.87. The Kier molecular flexibility index (Phi) is 6.56. The lowest BCUT2D eigenvalue weighted by Crippen LogP contribution is -2.31. The predicted molar refractivity (Wildman–Crippen MR) is 97.6 cm³/mol. The summed E-state index contributed by atoms with van der Waals surface area (Å²) in [6.07, 6.45) is 1.36. The summed E-state index contributed by atoms with van der Waals surface area (Å²) in [7, 11) is 0. The molecule has 6 nitrogen and oxygen atoms in total. The molecule has 0 unspecified atom stereocenters. The van der Waals surface area contributed by atoms with E-state index in [2.05, 4.69) is 15.8 Å². The van der Waals surface area contributed by atoms with Crippen LogP contribution in [0.1, 0.15) is 12.5 Å². The summed E-state index contributed by atoms with van der Waals surface area (Å²) in [5, 5.41) is 15.6. The molecule has 0 radical (unpaired) electrons. The molecule has 0 atom stereocenters. The van der Waals surface area contributed by atoms with Crippen molar-refractivity contribution in [1.29, 1.82) is 0 Å². The molecule has 0 heterocycles. The monoisotopic (exact) mass is 379 g/mol. The molecule has 0 spiro atoms. The van der Waals surface area contributed by atoms with E-state index in [0.29, 0.717) is 24.0 Å². The first-order valence-electron chi connectivity index (χ1n) is 7.46. The number of carbonyl (C=O) groups is 1. The van der Waals surface area contributed by atoms with Gasteiger partial charge in [0.15, 0.2) is 16.5 Å². The van der Waals surface area contributed by atoms with Crippen molar-refractivity contribution in [2.75, 3.05) is 11.9 Å². The molecule has 2 aromatic rings. The molecule has 26 heavy (non-hydrogen) atoms. The van der Waals surface area contributed by atoms with E-state index in [1.54, 1.807) is 19.1 Å². The highest BCUT2D eigenvalue weighted by Gasteiger charge is 2.12. The number of anilines is 1. The molecule has 0 aromatic heterocycles. The van der Waals surface area contributed by atoms with Gasteiger partial charge in [0, 0.05) is 6.07 Å². The molecule has 0 bridgehead atoms. The number of ether oxygens (including phenoxy) is 1. The summed E-state index contributed by atoms with van der Waals surface area (Å²) in [5.74, 6) is -2.19. The number of hydrogen-bond acceptors (Lipinski definition) is 5. The van der Waals surface area contributed by atoms with Gasteiger partial charge >= 0.3 is 0 Å². The normalized spacial score (nSPS) is 10.6. The molecule has 0 aliphatic rings. The predicted octanol–water partition coefficient (Wildman–Crippen LogP) is 2.96. The zero-order chi connectivity index (χ0) is 19.1. The highest BCUT2D eigenvalue weighted by Crippen LogP contribution is 2.26. The second-order valence-corrected chi connectivity index (χ2v) is 5.35. The smallest absolute Gasteiger partial charge is 0.284 e. The topological polar surface area (TPSA) is 83.0 Å². The van der Waals surface area contributed by atoms with Crippen LogP contribution in [-0.4, -0.2) is 28.8 Å². The highest BCUT2D eigenvalue weighted by molar-refractivity contribution is 7.82. The molecular weight excluding hydrogens is 364 g/mol. The van der Waals surface area contributed by atoms with Crippen molar-refractivity contribution in [3.8, 4) is 11.5 Å². The number of hydrogen-bond donors (Lipinski definition) is 3. The molecule has 2 aromatic carbocycles. The molecule has 2 rings (SSSR count). The van der Waals surface area contributed by atoms with E-state index in [-0.39, 0.29) is 16.4 Å². The lowest BCUT2D eigenvalue weighted by atomic mass is 10.2. The first kappa shape index (κ1) is 19.3. The minimum absolute atomic E-state index is 0.00631. The Balaban J connectivity index is 1.96. The largest absolute Gasteiger partial charge is 0.504 e. The van der Waals surface area contributed by atoms with Crippen LogP contribution in [-0.2, 0) is 4.79 Å². The van der Waals surface area contributed by atoms with Gasteiger partial charge in [-0.3, -0.25) is 10.2 Å². The van der Waals surface area contributed by atoms with Crippen LogP contribution >= 0.6 is 12.2 Å². The second-order valence-electron chi connectivity index (χ2n) is 4.94. The lowest BCUT2D eigenvalue weighted by Gasteiger charge is -2.07. The number of carbonyl (C=O) groups excluding carboxylic acids is 1. The Hall–Kier alpha value is -3.07. The Morgan fingerprint density at radius 1 is 1.31 bits per heavy atom. The van der Waals surface area contributed by atoms with E-state index in [4.69, 9.17) is 17.0 Å². The number of phenolic OH excluding ortho intramolecular Hbond substituents is 1. The number of benzene rings is 2. The summed E-state index contributed by atoms with van der Waals surface area (Å²) in [6, 6.07) is 7.31. The third-order valence-electron chi connectivity index (χ3n) is 3.05. The summed E-state index contributed by atoms with van der Waals surface area (Å²) in [6.45, 7) is 2.17. The van der Waals surface area contributed by atoms with Gasteiger partial charge in [0.2, 0.25) is 0 Å². The molecule has 9 heteroatoms. The summed E-state index contributed by atoms with van der Waals surface area (Å²) < 4.78 is 31.6. The van der Waals surface area contributed by atoms with E-state index in [9.17, 15) is 18.7 Å². The first-order chi connectivity index (χ1) is 12.4. The maximum atomic E-state index is 13.5. The van der Waals surface area contributed by atoms with Crippen LogP contribution in [0.2, 0.25) is 0 Å². The second kappa shape index (κ2) is 8.86. The number of phenols is 1. The van der Waals surface area contributed by atoms with Crippen LogP contribution in [0.5, 0.6) is 11.5 Å². The van der Waals surface area contributed by atoms with Gasteiger partial charge in [-0.15, -0.1) is 0 Å². The minimum atomic E-state index is -0.919. The Bertz CT molecular complexity index is 859. The van der Waals surface area contributed by atoms with Crippen LogP contribution in [0, 0.1) is 11.6 Å². The van der Waals surface area contributed by atoms with Crippen molar-refractivity contribution in [3.05, 3.63) is 53.6 Å². The molecule has 136 valence electrons. The van der Waals surface area contributed by atoms with Gasteiger partial charge in [-0.05, 0) is 42.8 Å². The van der Waals surface area contributed by atoms with Gasteiger partial charge in [-0.2, -0.15) is 5.10 Å². The van der Waals surface area contributed by atoms with Crippen LogP contribution in [0.4, 0.5) is 14.5 Å². The third kappa shape index (κ3) is 5.21. The van der Waals surface area contributed by atoms with Crippen LogP contribution in [0.15, 0.2) is 41.5 Å². The highest BCUT2D eigenvalue weighted by atomic mass is 32.1. The molecule has 0 fully saturated rings. The number of hydrazone groups is 1. The van der Waals surface area contributed by atoms with Gasteiger partial charge in [-0.25, -0.2) is 8.78 Å². The molecule has 0 aliphatic carbocycles. The molecule has 0 saturated heterocycles. The quantitative estimate of drug-likeness (QED) is 0.423. The van der Waals surface area contributed by atoms with Gasteiger partial charge in [0.25, 0.3) is 5.91 Å². The van der Waals surface area contributed by atoms with Crippen molar-refractivity contribution in [2.24, 2.45) is 5.10 Å². The Morgan fingerprint density at radius 3 is 2.77 bits per heavy atom. The third-order valence-corrected chi connectivity index (χ3v) is 3.33. The van der Waals surface area contributed by atoms with Gasteiger partial charge in [-0.1, -0.05) is 12.2 Å². The zero-order valence-electron chi connectivity index (χ0n) is 13.6. The van der Waals surface area contributed by atoms with E-state index < -0.39 is 17.5 Å². The number of amides is 1.